The number of carbonyl (C=O) groups is 2. The molecule has 2 aromatic carbocycles. The summed E-state index contributed by atoms with van der Waals surface area (Å²) in [5.74, 6) is -0.938. The number of aromatic nitrogens is 1. The Morgan fingerprint density at radius 1 is 1.10 bits per heavy atom. The normalized spacial score (nSPS) is 17.3. The number of benzene rings is 2. The topological polar surface area (TPSA) is 127 Å². The molecule has 1 saturated heterocycles. The predicted octanol–water partition coefficient (Wildman–Crippen LogP) is 5.20. The van der Waals surface area contributed by atoms with E-state index in [1.165, 1.54) is 59.8 Å². The second kappa shape index (κ2) is 15.0. The van der Waals surface area contributed by atoms with Gasteiger partial charge in [-0.25, -0.2) is 13.2 Å². The molecule has 1 N–H and O–H groups in total. The zero-order valence-corrected chi connectivity index (χ0v) is 28.9. The van der Waals surface area contributed by atoms with E-state index in [0.717, 1.165) is 28.9 Å². The third-order valence-electron chi connectivity index (χ3n) is 7.59. The Hall–Kier alpha value is -3.37. The lowest BCUT2D eigenvalue weighted by atomic mass is 10.0. The Kier molecular flexibility index (Phi) is 11.2. The number of alkyl halides is 2. The van der Waals surface area contributed by atoms with Gasteiger partial charge in [0.15, 0.2) is 16.9 Å². The van der Waals surface area contributed by atoms with Crippen molar-refractivity contribution in [2.75, 3.05) is 33.0 Å². The predicted molar refractivity (Wildman–Crippen MR) is 172 cm³/mol. The van der Waals surface area contributed by atoms with Crippen LogP contribution in [0.4, 0.5) is 8.78 Å². The molecule has 1 amide bonds. The summed E-state index contributed by atoms with van der Waals surface area (Å²) in [6, 6.07) is 9.64. The number of nitrogens with zero attached hydrogens (tertiary/aromatic N) is 3. The highest BCUT2D eigenvalue weighted by Gasteiger charge is 2.42. The fourth-order valence-electron chi connectivity index (χ4n) is 4.94. The molecule has 48 heavy (non-hydrogen) atoms. The molecule has 2 fully saturated rings. The molecule has 1 aliphatic heterocycles. The highest BCUT2D eigenvalue weighted by atomic mass is 35.5. The molecule has 258 valence electrons. The summed E-state index contributed by atoms with van der Waals surface area (Å²) in [6.45, 7) is -2.85. The van der Waals surface area contributed by atoms with Crippen molar-refractivity contribution >= 4 is 56.9 Å². The number of hydrogen-bond donors (Lipinski definition) is 1. The summed E-state index contributed by atoms with van der Waals surface area (Å²) in [7, 11) is -1.18. The molecule has 0 radical (unpaired) electrons. The number of carbonyl (C=O) groups excluding carboxylic acids is 2. The highest BCUT2D eigenvalue weighted by molar-refractivity contribution is 8.02. The average molecular weight is 748 g/mol. The van der Waals surface area contributed by atoms with Gasteiger partial charge in [-0.1, -0.05) is 35.3 Å². The van der Waals surface area contributed by atoms with Crippen LogP contribution in [0.2, 0.25) is 10.0 Å². The highest BCUT2D eigenvalue weighted by Crippen LogP contribution is 2.39. The van der Waals surface area contributed by atoms with Crippen molar-refractivity contribution < 1.29 is 50.9 Å². The van der Waals surface area contributed by atoms with E-state index < -0.39 is 40.0 Å². The van der Waals surface area contributed by atoms with Crippen LogP contribution in [-0.2, 0) is 26.0 Å². The Morgan fingerprint density at radius 3 is 2.46 bits per heavy atom. The van der Waals surface area contributed by atoms with Crippen molar-refractivity contribution in [3.63, 3.8) is 0 Å². The van der Waals surface area contributed by atoms with Gasteiger partial charge in [-0.15, -0.1) is 11.8 Å². The Balaban J connectivity index is 1.47. The molecule has 0 spiro atoms. The van der Waals surface area contributed by atoms with Crippen LogP contribution in [0.1, 0.15) is 40.4 Å². The largest absolute Gasteiger partial charge is 0.489 e. The molecule has 1 aromatic heterocycles. The van der Waals surface area contributed by atoms with Crippen LogP contribution in [0.25, 0.3) is 0 Å². The zero-order valence-electron chi connectivity index (χ0n) is 25.7. The molecular weight excluding hydrogens is 715 g/mol. The zero-order chi connectivity index (χ0) is 34.7. The maximum Gasteiger partial charge on any atom is 0.387 e. The Bertz CT molecular complexity index is 1770. The summed E-state index contributed by atoms with van der Waals surface area (Å²) in [4.78, 5) is 27.5. The summed E-state index contributed by atoms with van der Waals surface area (Å²) in [5, 5.41) is 8.66. The molecule has 2 heterocycles. The Morgan fingerprint density at radius 2 is 1.81 bits per heavy atom. The minimum Gasteiger partial charge on any atom is -0.489 e. The Labute approximate surface area is 290 Å². The van der Waals surface area contributed by atoms with E-state index in [0.29, 0.717) is 15.9 Å². The monoisotopic (exact) mass is 746 g/mol. The smallest absolute Gasteiger partial charge is 0.387 e. The van der Waals surface area contributed by atoms with E-state index in [1.54, 1.807) is 14.1 Å². The van der Waals surface area contributed by atoms with Crippen molar-refractivity contribution in [2.45, 2.75) is 42.2 Å². The second-order valence-electron chi connectivity index (χ2n) is 11.3. The van der Waals surface area contributed by atoms with Gasteiger partial charge in [-0.3, -0.25) is 10.0 Å². The summed E-state index contributed by atoms with van der Waals surface area (Å²) in [6.07, 6.45) is 2.94. The van der Waals surface area contributed by atoms with E-state index in [1.807, 2.05) is 0 Å². The lowest BCUT2D eigenvalue weighted by Gasteiger charge is -2.26. The van der Waals surface area contributed by atoms with Gasteiger partial charge in [0.25, 0.3) is 5.91 Å². The van der Waals surface area contributed by atoms with Crippen molar-refractivity contribution in [2.24, 2.45) is 5.92 Å². The van der Waals surface area contributed by atoms with Gasteiger partial charge in [0, 0.05) is 48.7 Å². The number of rotatable bonds is 13. The van der Waals surface area contributed by atoms with E-state index in [2.05, 4.69) is 4.74 Å². The number of hydrogen-bond acceptors (Lipinski definition) is 9. The molecule has 11 nitrogen and oxygen atoms in total. The van der Waals surface area contributed by atoms with E-state index >= 15 is 0 Å². The van der Waals surface area contributed by atoms with Crippen LogP contribution >= 0.6 is 35.0 Å². The first-order valence-electron chi connectivity index (χ1n) is 14.7. The first-order valence-corrected chi connectivity index (χ1v) is 17.9. The van der Waals surface area contributed by atoms with E-state index in [9.17, 15) is 32.0 Å². The number of halogens is 4. The number of esters is 1. The average Bonchev–Trinajstić information content (AvgIpc) is 3.72. The van der Waals surface area contributed by atoms with Crippen LogP contribution in [0, 0.1) is 5.92 Å². The summed E-state index contributed by atoms with van der Waals surface area (Å²) >= 11 is 13.8. The SMILES string of the molecule is CN(C)C(=O)c1cccc(S(=O)(=O)N2CCS[C@H]2C(=O)O[C@H](Cc2c(Cl)c[n+](O)cc2Cl)c2ccc(OC(F)F)c(OCC3CC3)c2)c1. The molecule has 0 unspecified atom stereocenters. The number of ether oxygens (including phenoxy) is 3. The van der Waals surface area contributed by atoms with Crippen LogP contribution in [0.15, 0.2) is 59.8 Å². The molecule has 3 aromatic rings. The maximum absolute atomic E-state index is 13.8. The van der Waals surface area contributed by atoms with Gasteiger partial charge in [0.2, 0.25) is 22.4 Å². The van der Waals surface area contributed by atoms with Crippen molar-refractivity contribution in [3.05, 3.63) is 81.6 Å². The molecular formula is C31H32Cl2F2N3O8S2+. The summed E-state index contributed by atoms with van der Waals surface area (Å²) in [5.41, 5.74) is 0.753. The molecule has 2 atom stereocenters. The maximum atomic E-state index is 13.8. The first kappa shape index (κ1) is 35.9. The second-order valence-corrected chi connectivity index (χ2v) is 15.2. The number of pyridine rings is 1. The first-order chi connectivity index (χ1) is 22.7. The molecule has 0 bridgehead atoms. The van der Waals surface area contributed by atoms with E-state index in [-0.39, 0.29) is 63.2 Å². The van der Waals surface area contributed by atoms with Gasteiger partial charge >= 0.3 is 12.6 Å². The van der Waals surface area contributed by atoms with E-state index in [4.69, 9.17) is 32.7 Å². The standard InChI is InChI=1S/C31H32Cl2F2N3O8S2/c1-36(2)28(39)20-4-3-5-21(12-20)48(42,43)38-10-11-47-29(38)30(40)45-26(14-22-23(32)15-37(41)16-24(22)33)19-8-9-25(46-31(34)35)27(13-19)44-17-18-6-7-18/h3-5,8-9,12-13,15-16,18,26,29,31,41H,6-7,10-11,14,17H2,1-2H3/q+1/t26-,29+/m1/s1. The third-order valence-corrected chi connectivity index (χ3v) is 11.4. The minimum absolute atomic E-state index is 0.00501. The molecule has 5 rings (SSSR count). The molecule has 17 heteroatoms. The lowest BCUT2D eigenvalue weighted by molar-refractivity contribution is -0.904. The fourth-order valence-corrected chi connectivity index (χ4v) is 8.64. The van der Waals surface area contributed by atoms with Crippen LogP contribution in [-0.4, -0.2) is 79.7 Å². The fraction of sp³-hybridized carbons (Fsp3) is 0.387. The van der Waals surface area contributed by atoms with Gasteiger partial charge in [0.1, 0.15) is 16.1 Å². The number of sulfonamides is 1. The summed E-state index contributed by atoms with van der Waals surface area (Å²) < 4.78 is 72.1. The quantitative estimate of drug-likeness (QED) is 0.143. The van der Waals surface area contributed by atoms with Gasteiger partial charge in [-0.2, -0.15) is 13.1 Å². The van der Waals surface area contributed by atoms with Crippen molar-refractivity contribution in [1.82, 2.24) is 9.21 Å². The van der Waals surface area contributed by atoms with Gasteiger partial charge in [-0.05, 0) is 54.7 Å². The third kappa shape index (κ3) is 8.43. The number of thioether (sulfide) groups is 1. The van der Waals surface area contributed by atoms with Crippen LogP contribution < -0.4 is 14.2 Å². The van der Waals surface area contributed by atoms with Crippen molar-refractivity contribution in [1.29, 1.82) is 0 Å². The van der Waals surface area contributed by atoms with Gasteiger partial charge in [0.05, 0.1) is 11.5 Å². The number of amides is 1. The van der Waals surface area contributed by atoms with Crippen molar-refractivity contribution in [3.8, 4) is 11.5 Å². The molecule has 2 aliphatic rings. The van der Waals surface area contributed by atoms with Crippen LogP contribution in [0.3, 0.4) is 0 Å². The lowest BCUT2D eigenvalue weighted by Crippen LogP contribution is -2.40. The van der Waals surface area contributed by atoms with Gasteiger partial charge < -0.3 is 19.1 Å². The molecule has 1 saturated carbocycles. The van der Waals surface area contributed by atoms with Crippen LogP contribution in [0.5, 0.6) is 11.5 Å². The minimum atomic E-state index is -4.27. The molecule has 1 aliphatic carbocycles.